The summed E-state index contributed by atoms with van der Waals surface area (Å²) in [6, 6.07) is 8.30. The van der Waals surface area contributed by atoms with Crippen LogP contribution < -0.4 is 0 Å². The van der Waals surface area contributed by atoms with Gasteiger partial charge >= 0.3 is 11.0 Å². The third-order valence-corrected chi connectivity index (χ3v) is 4.94. The average Bonchev–Trinajstić information content (AvgIpc) is 2.62. The van der Waals surface area contributed by atoms with E-state index in [0.29, 0.717) is 15.0 Å². The third kappa shape index (κ3) is 4.34. The van der Waals surface area contributed by atoms with Crippen molar-refractivity contribution < 1.29 is 39.3 Å². The minimum Gasteiger partial charge on any atom is -0.741 e. The second-order valence-electron chi connectivity index (χ2n) is 3.94. The molecule has 2 rings (SSSR count). The molecule has 0 N–H and O–H groups in total. The molecule has 0 saturated heterocycles. The van der Waals surface area contributed by atoms with Crippen molar-refractivity contribution in [3.05, 3.63) is 35.2 Å². The number of hydrogen-bond acceptors (Lipinski definition) is 3. The van der Waals surface area contributed by atoms with Crippen LogP contribution in [0.5, 0.6) is 0 Å². The van der Waals surface area contributed by atoms with Crippen LogP contribution in [0.25, 0.3) is 10.1 Å². The van der Waals surface area contributed by atoms with Crippen LogP contribution in [0.3, 0.4) is 0 Å². The molecular formula is C11H8F6O3S2. The van der Waals surface area contributed by atoms with Crippen molar-refractivity contribution in [2.75, 3.05) is 0 Å². The van der Waals surface area contributed by atoms with E-state index in [1.54, 1.807) is 30.3 Å². The molecule has 1 heterocycles. The number of alkyl halides is 6. The Morgan fingerprint density at radius 3 is 1.91 bits per heavy atom. The summed E-state index contributed by atoms with van der Waals surface area (Å²) in [7, 11) is -7.79. The van der Waals surface area contributed by atoms with Gasteiger partial charge in [-0.05, 0) is 12.1 Å². The van der Waals surface area contributed by atoms with Crippen LogP contribution in [0.15, 0.2) is 30.3 Å². The van der Waals surface area contributed by atoms with Crippen LogP contribution in [0.1, 0.15) is 4.88 Å². The molecule has 1 aromatic carbocycles. The van der Waals surface area contributed by atoms with Gasteiger partial charge in [-0.25, -0.2) is 8.42 Å². The van der Waals surface area contributed by atoms with Crippen molar-refractivity contribution >= 4 is 30.7 Å². The lowest BCUT2D eigenvalue weighted by molar-refractivity contribution is -0.0867. The lowest BCUT2D eigenvalue weighted by Crippen LogP contribution is -2.21. The Hall–Kier alpha value is -1.33. The molecule has 0 fully saturated rings. The van der Waals surface area contributed by atoms with E-state index < -0.39 is 31.6 Å². The first-order chi connectivity index (χ1) is 9.75. The monoisotopic (exact) mass is 366 g/mol. The molecule has 0 saturated carbocycles. The first-order valence-corrected chi connectivity index (χ1v) is 7.99. The number of benzene rings is 1. The van der Waals surface area contributed by atoms with Gasteiger partial charge in [0.1, 0.15) is 0 Å². The maximum atomic E-state index is 12.7. The molecule has 3 nitrogen and oxygen atoms in total. The number of fused-ring (bicyclic) bond motifs is 1. The van der Waals surface area contributed by atoms with Gasteiger partial charge in [0.2, 0.25) is 0 Å². The minimum atomic E-state index is -6.09. The van der Waals surface area contributed by atoms with Gasteiger partial charge in [0.05, 0.1) is 10.5 Å². The maximum Gasteiger partial charge on any atom is 0.600 e. The van der Waals surface area contributed by atoms with Crippen molar-refractivity contribution in [1.29, 1.82) is 0 Å². The lowest BCUT2D eigenvalue weighted by atomic mass is 10.2. The van der Waals surface area contributed by atoms with E-state index >= 15 is 0 Å². The minimum absolute atomic E-state index is 0.400. The number of thiophene rings is 1. The van der Waals surface area contributed by atoms with E-state index in [4.69, 9.17) is 13.0 Å². The zero-order valence-corrected chi connectivity index (χ0v) is 12.3. The highest BCUT2D eigenvalue weighted by Gasteiger charge is 2.46. The number of aryl methyl sites for hydroxylation is 1. The summed E-state index contributed by atoms with van der Waals surface area (Å²) >= 11 is 0. The second kappa shape index (κ2) is 6.05. The predicted octanol–water partition coefficient (Wildman–Crippen LogP) is 4.43. The van der Waals surface area contributed by atoms with Crippen molar-refractivity contribution in [2.24, 2.45) is 0 Å². The number of rotatable bonds is 0. The number of halogens is 6. The molecule has 0 amide bonds. The summed E-state index contributed by atoms with van der Waals surface area (Å²) in [5, 5.41) is 0.700. The fourth-order valence-electron chi connectivity index (χ4n) is 1.54. The largest absolute Gasteiger partial charge is 0.741 e. The SMILES string of the molecule is Cc1cc2ccccc2[s+]1C(F)(F)F.O=S(=O)([O-])C(F)(F)F. The Kier molecular flexibility index (Phi) is 5.15. The van der Waals surface area contributed by atoms with E-state index in [2.05, 4.69) is 0 Å². The zero-order chi connectivity index (χ0) is 17.3. The molecule has 124 valence electrons. The molecule has 0 spiro atoms. The number of hydrogen-bond donors (Lipinski definition) is 0. The molecule has 1 unspecified atom stereocenters. The highest BCUT2D eigenvalue weighted by Crippen LogP contribution is 2.50. The molecule has 2 aromatic rings. The van der Waals surface area contributed by atoms with Crippen LogP contribution >= 0.6 is 10.5 Å². The Bertz CT molecular complexity index is 758. The maximum absolute atomic E-state index is 12.7. The van der Waals surface area contributed by atoms with Crippen molar-refractivity contribution in [3.8, 4) is 0 Å². The molecule has 0 bridgehead atoms. The molecule has 0 aliphatic heterocycles. The summed E-state index contributed by atoms with van der Waals surface area (Å²) < 4.78 is 97.3. The van der Waals surface area contributed by atoms with Gasteiger partial charge in [-0.1, -0.05) is 12.1 Å². The second-order valence-corrected chi connectivity index (χ2v) is 7.47. The highest BCUT2D eigenvalue weighted by molar-refractivity contribution is 7.86. The van der Waals surface area contributed by atoms with Crippen LogP contribution in [0, 0.1) is 6.92 Å². The van der Waals surface area contributed by atoms with Gasteiger partial charge in [0.15, 0.2) is 19.7 Å². The highest BCUT2D eigenvalue weighted by atomic mass is 32.2. The summed E-state index contributed by atoms with van der Waals surface area (Å²) in [4.78, 5) is 0.402. The van der Waals surface area contributed by atoms with E-state index in [1.165, 1.54) is 6.92 Å². The van der Waals surface area contributed by atoms with Gasteiger partial charge in [0, 0.05) is 18.4 Å². The van der Waals surface area contributed by atoms with E-state index in [0.717, 1.165) is 0 Å². The zero-order valence-electron chi connectivity index (χ0n) is 10.7. The van der Waals surface area contributed by atoms with Crippen LogP contribution in [-0.2, 0) is 15.6 Å². The standard InChI is InChI=1S/C10H8F3S.CHF3O3S/c1-7-6-8-4-2-3-5-9(8)14(7)10(11,12)13;2-1(3,4)8(5,6)7/h2-6H,1H3;(H,5,6,7)/q+1;/p-1. The predicted molar refractivity (Wildman–Crippen MR) is 68.2 cm³/mol. The van der Waals surface area contributed by atoms with Crippen LogP contribution in [-0.4, -0.2) is 18.5 Å². The van der Waals surface area contributed by atoms with E-state index in [1.807, 2.05) is 0 Å². The Balaban J connectivity index is 0.000000261. The quantitative estimate of drug-likeness (QED) is 0.300. The van der Waals surface area contributed by atoms with Gasteiger partial charge < -0.3 is 4.55 Å². The molecule has 0 radical (unpaired) electrons. The lowest BCUT2D eigenvalue weighted by Gasteiger charge is -2.08. The Labute approximate surface area is 123 Å². The average molecular weight is 366 g/mol. The fraction of sp³-hybridized carbons (Fsp3) is 0.273. The first kappa shape index (κ1) is 18.7. The first-order valence-electron chi connectivity index (χ1n) is 5.36. The van der Waals surface area contributed by atoms with Crippen molar-refractivity contribution in [3.63, 3.8) is 0 Å². The molecular weight excluding hydrogens is 358 g/mol. The van der Waals surface area contributed by atoms with Gasteiger partial charge in [-0.2, -0.15) is 13.2 Å². The Morgan fingerprint density at radius 1 is 1.05 bits per heavy atom. The van der Waals surface area contributed by atoms with Crippen LogP contribution in [0.2, 0.25) is 0 Å². The van der Waals surface area contributed by atoms with E-state index in [-0.39, 0.29) is 0 Å². The van der Waals surface area contributed by atoms with Crippen LogP contribution in [0.4, 0.5) is 26.3 Å². The summed E-state index contributed by atoms with van der Waals surface area (Å²) in [5.74, 6) is 0. The molecule has 1 aromatic heterocycles. The molecule has 0 aliphatic carbocycles. The summed E-state index contributed by atoms with van der Waals surface area (Å²) in [6.07, 6.45) is 0. The smallest absolute Gasteiger partial charge is 0.600 e. The molecule has 1 atom stereocenters. The normalized spacial score (nSPS) is 13.7. The van der Waals surface area contributed by atoms with Gasteiger partial charge in [-0.15, -0.1) is 13.2 Å². The Morgan fingerprint density at radius 2 is 1.50 bits per heavy atom. The van der Waals surface area contributed by atoms with Crippen molar-refractivity contribution in [2.45, 2.75) is 17.9 Å². The summed E-state index contributed by atoms with van der Waals surface area (Å²) in [6.45, 7) is 1.54. The van der Waals surface area contributed by atoms with Crippen molar-refractivity contribution in [1.82, 2.24) is 0 Å². The third-order valence-electron chi connectivity index (χ3n) is 2.33. The van der Waals surface area contributed by atoms with E-state index in [9.17, 15) is 26.3 Å². The molecule has 11 heteroatoms. The summed E-state index contributed by atoms with van der Waals surface area (Å²) in [5.41, 5.74) is -9.79. The fourth-order valence-corrected chi connectivity index (χ4v) is 3.33. The topological polar surface area (TPSA) is 57.2 Å². The molecule has 0 aliphatic rings. The van der Waals surface area contributed by atoms with Gasteiger partial charge in [0.25, 0.3) is 0 Å². The van der Waals surface area contributed by atoms with Gasteiger partial charge in [-0.3, -0.25) is 0 Å². The molecule has 22 heavy (non-hydrogen) atoms.